The summed E-state index contributed by atoms with van der Waals surface area (Å²) in [6.45, 7) is 3.63. The van der Waals surface area contributed by atoms with Gasteiger partial charge in [0.15, 0.2) is 5.13 Å². The number of thiazole rings is 1. The van der Waals surface area contributed by atoms with Crippen molar-refractivity contribution in [3.8, 4) is 0 Å². The van der Waals surface area contributed by atoms with Gasteiger partial charge in [-0.25, -0.2) is 4.98 Å². The Bertz CT molecular complexity index is 903. The lowest BCUT2D eigenvalue weighted by Gasteiger charge is -2.04. The van der Waals surface area contributed by atoms with Gasteiger partial charge in [0, 0.05) is 16.8 Å². The Morgan fingerprint density at radius 2 is 2.00 bits per heavy atom. The van der Waals surface area contributed by atoms with Crippen molar-refractivity contribution in [3.05, 3.63) is 57.0 Å². The van der Waals surface area contributed by atoms with Gasteiger partial charge < -0.3 is 11.2 Å². The molecule has 3 aromatic rings. The second-order valence-electron chi connectivity index (χ2n) is 5.17. The van der Waals surface area contributed by atoms with E-state index in [1.807, 2.05) is 36.6 Å². The van der Waals surface area contributed by atoms with Gasteiger partial charge in [0.1, 0.15) is 5.69 Å². The Kier molecular flexibility index (Phi) is 4.81. The number of hydrogen-bond donors (Lipinski definition) is 2. The van der Waals surface area contributed by atoms with Crippen LogP contribution < -0.4 is 16.7 Å². The molecule has 124 valence electrons. The number of thioether (sulfide) groups is 1. The summed E-state index contributed by atoms with van der Waals surface area (Å²) >= 11 is 2.85. The molecule has 7 nitrogen and oxygen atoms in total. The molecule has 0 unspecified atom stereocenters. The third kappa shape index (κ3) is 3.74. The number of nitrogens with two attached hydrogens (primary N) is 1. The van der Waals surface area contributed by atoms with E-state index in [4.69, 9.17) is 5.84 Å². The molecule has 0 saturated heterocycles. The van der Waals surface area contributed by atoms with E-state index < -0.39 is 0 Å². The van der Waals surface area contributed by atoms with E-state index in [9.17, 15) is 4.79 Å². The van der Waals surface area contributed by atoms with E-state index in [0.29, 0.717) is 10.9 Å². The van der Waals surface area contributed by atoms with Crippen molar-refractivity contribution < 1.29 is 0 Å². The number of anilines is 2. The standard InChI is InChI=1S/C15H16N6OS2/c1-9-3-5-11(6-4-9)17-14-18-12(7-23-14)8-24-15-20-19-10(2)13(22)21(15)16/h3-7H,8,16H2,1-2H3,(H,17,18). The zero-order valence-electron chi connectivity index (χ0n) is 13.2. The van der Waals surface area contributed by atoms with Crippen molar-refractivity contribution >= 4 is 33.9 Å². The van der Waals surface area contributed by atoms with E-state index in [1.54, 1.807) is 6.92 Å². The number of benzene rings is 1. The highest BCUT2D eigenvalue weighted by Gasteiger charge is 2.09. The molecule has 0 radical (unpaired) electrons. The molecule has 0 bridgehead atoms. The van der Waals surface area contributed by atoms with Crippen LogP contribution in [0.3, 0.4) is 0 Å². The topological polar surface area (TPSA) is 98.7 Å². The average molecular weight is 360 g/mol. The molecule has 0 aliphatic heterocycles. The van der Waals surface area contributed by atoms with Crippen molar-refractivity contribution in [1.82, 2.24) is 19.9 Å². The molecular weight excluding hydrogens is 344 g/mol. The van der Waals surface area contributed by atoms with E-state index in [-0.39, 0.29) is 11.3 Å². The lowest BCUT2D eigenvalue weighted by atomic mass is 10.2. The predicted octanol–water partition coefficient (Wildman–Crippen LogP) is 2.46. The molecule has 9 heteroatoms. The fourth-order valence-corrected chi connectivity index (χ4v) is 3.48. The summed E-state index contributed by atoms with van der Waals surface area (Å²) in [4.78, 5) is 16.3. The molecule has 0 spiro atoms. The highest BCUT2D eigenvalue weighted by molar-refractivity contribution is 7.98. The highest BCUT2D eigenvalue weighted by Crippen LogP contribution is 2.25. The Labute approximate surface area is 146 Å². The predicted molar refractivity (Wildman–Crippen MR) is 97.3 cm³/mol. The summed E-state index contributed by atoms with van der Waals surface area (Å²) in [7, 11) is 0. The molecule has 0 fully saturated rings. The Balaban J connectivity index is 1.65. The normalized spacial score (nSPS) is 10.8. The fraction of sp³-hybridized carbons (Fsp3) is 0.200. The number of rotatable bonds is 5. The van der Waals surface area contributed by atoms with Crippen LogP contribution in [0.2, 0.25) is 0 Å². The maximum Gasteiger partial charge on any atom is 0.294 e. The second-order valence-corrected chi connectivity index (χ2v) is 6.97. The molecule has 3 rings (SSSR count). The first-order chi connectivity index (χ1) is 11.5. The minimum Gasteiger partial charge on any atom is -0.334 e. The molecular formula is C15H16N6OS2. The first kappa shape index (κ1) is 16.5. The maximum absolute atomic E-state index is 11.7. The summed E-state index contributed by atoms with van der Waals surface area (Å²) in [5.74, 6) is 6.27. The zero-order chi connectivity index (χ0) is 17.1. The van der Waals surface area contributed by atoms with Crippen LogP contribution in [0.5, 0.6) is 0 Å². The summed E-state index contributed by atoms with van der Waals surface area (Å²) in [6, 6.07) is 8.12. The van der Waals surface area contributed by atoms with Crippen molar-refractivity contribution in [3.63, 3.8) is 0 Å². The quantitative estimate of drug-likeness (QED) is 0.532. The summed E-state index contributed by atoms with van der Waals surface area (Å²) in [5.41, 5.74) is 3.03. The van der Waals surface area contributed by atoms with Crippen LogP contribution in [-0.2, 0) is 5.75 Å². The average Bonchev–Trinajstić information content (AvgIpc) is 3.02. The molecule has 0 aliphatic rings. The molecule has 0 aliphatic carbocycles. The number of nitrogen functional groups attached to an aromatic ring is 1. The van der Waals surface area contributed by atoms with E-state index >= 15 is 0 Å². The molecule has 2 aromatic heterocycles. The monoisotopic (exact) mass is 360 g/mol. The number of nitrogens with zero attached hydrogens (tertiary/aromatic N) is 4. The fourth-order valence-electron chi connectivity index (χ4n) is 1.90. The van der Waals surface area contributed by atoms with Gasteiger partial charge in [0.05, 0.1) is 5.69 Å². The number of nitrogens with one attached hydrogen (secondary N) is 1. The third-order valence-corrected chi connectivity index (χ3v) is 5.01. The molecule has 1 aromatic carbocycles. The Morgan fingerprint density at radius 1 is 1.25 bits per heavy atom. The number of aromatic nitrogens is 4. The van der Waals surface area contributed by atoms with Crippen molar-refractivity contribution in [1.29, 1.82) is 0 Å². The van der Waals surface area contributed by atoms with Gasteiger partial charge in [-0.05, 0) is 26.0 Å². The summed E-state index contributed by atoms with van der Waals surface area (Å²) < 4.78 is 1.02. The van der Waals surface area contributed by atoms with Gasteiger partial charge in [0.2, 0.25) is 5.16 Å². The zero-order valence-corrected chi connectivity index (χ0v) is 14.8. The maximum atomic E-state index is 11.7. The Hall–Kier alpha value is -2.39. The highest BCUT2D eigenvalue weighted by atomic mass is 32.2. The van der Waals surface area contributed by atoms with Crippen LogP contribution in [0.25, 0.3) is 0 Å². The Morgan fingerprint density at radius 3 is 2.75 bits per heavy atom. The SMILES string of the molecule is Cc1ccc(Nc2nc(CSc3nnc(C)c(=O)n3N)cs2)cc1. The number of aryl methyl sites for hydroxylation is 2. The van der Waals surface area contributed by atoms with E-state index in [2.05, 4.69) is 20.5 Å². The summed E-state index contributed by atoms with van der Waals surface area (Å²) in [6.07, 6.45) is 0. The molecule has 2 heterocycles. The molecule has 3 N–H and O–H groups in total. The van der Waals surface area contributed by atoms with Crippen LogP contribution in [0.15, 0.2) is 39.6 Å². The van der Waals surface area contributed by atoms with Gasteiger partial charge in [0.25, 0.3) is 5.56 Å². The van der Waals surface area contributed by atoms with Crippen molar-refractivity contribution in [2.75, 3.05) is 11.2 Å². The molecule has 0 atom stereocenters. The van der Waals surface area contributed by atoms with Crippen LogP contribution >= 0.6 is 23.1 Å². The first-order valence-corrected chi connectivity index (χ1v) is 9.02. The van der Waals surface area contributed by atoms with Gasteiger partial charge in [-0.1, -0.05) is 29.5 Å². The first-order valence-electron chi connectivity index (χ1n) is 7.15. The van der Waals surface area contributed by atoms with Gasteiger partial charge >= 0.3 is 0 Å². The van der Waals surface area contributed by atoms with Gasteiger partial charge in [-0.3, -0.25) is 4.79 Å². The minimum atomic E-state index is -0.340. The number of hydrogen-bond acceptors (Lipinski definition) is 8. The van der Waals surface area contributed by atoms with E-state index in [0.717, 1.165) is 21.2 Å². The second kappa shape index (κ2) is 7.02. The third-order valence-electron chi connectivity index (χ3n) is 3.22. The summed E-state index contributed by atoms with van der Waals surface area (Å²) in [5, 5.41) is 14.2. The lowest BCUT2D eigenvalue weighted by molar-refractivity contribution is 0.681. The molecule has 0 amide bonds. The van der Waals surface area contributed by atoms with Crippen molar-refractivity contribution in [2.24, 2.45) is 0 Å². The van der Waals surface area contributed by atoms with Crippen LogP contribution in [-0.4, -0.2) is 19.9 Å². The van der Waals surface area contributed by atoms with Crippen LogP contribution in [0.1, 0.15) is 17.0 Å². The molecule has 0 saturated carbocycles. The smallest absolute Gasteiger partial charge is 0.294 e. The molecule has 24 heavy (non-hydrogen) atoms. The van der Waals surface area contributed by atoms with Gasteiger partial charge in [-0.2, -0.15) is 4.68 Å². The largest absolute Gasteiger partial charge is 0.334 e. The minimum absolute atomic E-state index is 0.278. The van der Waals surface area contributed by atoms with E-state index in [1.165, 1.54) is 28.7 Å². The van der Waals surface area contributed by atoms with Crippen molar-refractivity contribution in [2.45, 2.75) is 24.8 Å². The van der Waals surface area contributed by atoms with Crippen LogP contribution in [0.4, 0.5) is 10.8 Å². The van der Waals surface area contributed by atoms with Gasteiger partial charge in [-0.15, -0.1) is 21.5 Å². The lowest BCUT2D eigenvalue weighted by Crippen LogP contribution is -2.32. The van der Waals surface area contributed by atoms with Crippen LogP contribution in [0, 0.1) is 13.8 Å².